The fraction of sp³-hybridized carbons (Fsp3) is 0.105. The lowest BCUT2D eigenvalue weighted by Crippen LogP contribution is -2.17. The Morgan fingerprint density at radius 3 is 2.65 bits per heavy atom. The Balaban J connectivity index is 1.83. The lowest BCUT2D eigenvalue weighted by molar-refractivity contribution is -0.115. The molecular weight excluding hydrogens is 370 g/mol. The first kappa shape index (κ1) is 18.2. The summed E-state index contributed by atoms with van der Waals surface area (Å²) in [5.41, 5.74) is 2.17. The number of carbonyl (C=O) groups is 2. The van der Waals surface area contributed by atoms with Crippen molar-refractivity contribution in [3.8, 4) is 11.5 Å². The maximum absolute atomic E-state index is 12.3. The first-order valence-electron chi connectivity index (χ1n) is 7.68. The van der Waals surface area contributed by atoms with Crippen LogP contribution in [0.15, 0.2) is 47.4 Å². The first-order chi connectivity index (χ1) is 12.5. The molecular formula is C19H15NO4S2. The first-order valence-corrected chi connectivity index (χ1v) is 8.90. The Morgan fingerprint density at radius 2 is 2.00 bits per heavy atom. The topological polar surface area (TPSA) is 64.6 Å². The average Bonchev–Trinajstić information content (AvgIpc) is 2.93. The van der Waals surface area contributed by atoms with E-state index in [9.17, 15) is 9.59 Å². The number of carbonyl (C=O) groups excluding carboxylic acids is 2. The second-order valence-corrected chi connectivity index (χ2v) is 7.24. The number of rotatable bonds is 4. The molecule has 1 heterocycles. The van der Waals surface area contributed by atoms with Gasteiger partial charge in [-0.25, -0.2) is 4.79 Å². The zero-order chi connectivity index (χ0) is 18.7. The van der Waals surface area contributed by atoms with Gasteiger partial charge in [0.25, 0.3) is 5.91 Å². The number of nitrogens with one attached hydrogen (secondary N) is 1. The second kappa shape index (κ2) is 7.72. The highest BCUT2D eigenvalue weighted by molar-refractivity contribution is 8.26. The van der Waals surface area contributed by atoms with Crippen LogP contribution in [0.5, 0.6) is 11.5 Å². The largest absolute Gasteiger partial charge is 0.493 e. The van der Waals surface area contributed by atoms with Crippen molar-refractivity contribution >= 4 is 46.3 Å². The van der Waals surface area contributed by atoms with E-state index >= 15 is 0 Å². The zero-order valence-corrected chi connectivity index (χ0v) is 15.7. The highest BCUT2D eigenvalue weighted by Crippen LogP contribution is 2.32. The molecule has 1 amide bonds. The van der Waals surface area contributed by atoms with E-state index in [2.05, 4.69) is 5.32 Å². The van der Waals surface area contributed by atoms with Crippen molar-refractivity contribution in [1.29, 1.82) is 0 Å². The van der Waals surface area contributed by atoms with Gasteiger partial charge < -0.3 is 14.8 Å². The molecule has 0 bridgehead atoms. The van der Waals surface area contributed by atoms with Gasteiger partial charge in [-0.2, -0.15) is 0 Å². The van der Waals surface area contributed by atoms with E-state index in [1.54, 1.807) is 42.5 Å². The standard InChI is InChI=1S/C19H15NO4S2/c1-11-4-3-5-13(8-11)18(22)24-14-7-6-12(9-15(14)23-2)10-16-17(21)20-19(25)26-16/h3-10H,1-2H3,(H,20,21,25)/b16-10+. The van der Waals surface area contributed by atoms with Crippen LogP contribution in [0.2, 0.25) is 0 Å². The predicted octanol–water partition coefficient (Wildman–Crippen LogP) is 3.71. The number of amides is 1. The van der Waals surface area contributed by atoms with Gasteiger partial charge in [-0.15, -0.1) is 0 Å². The van der Waals surface area contributed by atoms with Crippen LogP contribution in [0.25, 0.3) is 6.08 Å². The van der Waals surface area contributed by atoms with Crippen molar-refractivity contribution in [2.45, 2.75) is 6.92 Å². The fourth-order valence-electron chi connectivity index (χ4n) is 2.36. The zero-order valence-electron chi connectivity index (χ0n) is 14.1. The van der Waals surface area contributed by atoms with E-state index in [1.807, 2.05) is 13.0 Å². The summed E-state index contributed by atoms with van der Waals surface area (Å²) in [4.78, 5) is 24.6. The van der Waals surface area contributed by atoms with Crippen molar-refractivity contribution in [2.24, 2.45) is 0 Å². The SMILES string of the molecule is COc1cc(/C=C2/SC(=S)NC2=O)ccc1OC(=O)c1cccc(C)c1. The Kier molecular flexibility index (Phi) is 5.39. The minimum Gasteiger partial charge on any atom is -0.493 e. The number of hydrogen-bond donors (Lipinski definition) is 1. The minimum atomic E-state index is -0.464. The average molecular weight is 385 g/mol. The summed E-state index contributed by atoms with van der Waals surface area (Å²) in [6.07, 6.45) is 1.70. The molecule has 26 heavy (non-hydrogen) atoms. The molecule has 1 aliphatic rings. The van der Waals surface area contributed by atoms with Gasteiger partial charge in [-0.1, -0.05) is 47.7 Å². The molecule has 2 aromatic carbocycles. The maximum Gasteiger partial charge on any atom is 0.343 e. The third kappa shape index (κ3) is 4.12. The summed E-state index contributed by atoms with van der Waals surface area (Å²) in [7, 11) is 1.49. The molecule has 1 N–H and O–H groups in total. The Labute approximate surface area is 160 Å². The molecule has 1 aliphatic heterocycles. The summed E-state index contributed by atoms with van der Waals surface area (Å²) in [5, 5.41) is 2.56. The molecule has 0 saturated carbocycles. The maximum atomic E-state index is 12.3. The number of esters is 1. The van der Waals surface area contributed by atoms with E-state index < -0.39 is 5.97 Å². The summed E-state index contributed by atoms with van der Waals surface area (Å²) in [6, 6.07) is 12.2. The van der Waals surface area contributed by atoms with Gasteiger partial charge in [-0.3, -0.25) is 4.79 Å². The number of ether oxygens (including phenoxy) is 2. The smallest absolute Gasteiger partial charge is 0.343 e. The number of hydrogen-bond acceptors (Lipinski definition) is 6. The van der Waals surface area contributed by atoms with Crippen LogP contribution in [0.4, 0.5) is 0 Å². The van der Waals surface area contributed by atoms with Gasteiger partial charge in [0.15, 0.2) is 11.5 Å². The molecule has 0 radical (unpaired) electrons. The number of thioether (sulfide) groups is 1. The van der Waals surface area contributed by atoms with Crippen LogP contribution in [-0.2, 0) is 4.79 Å². The molecule has 5 nitrogen and oxygen atoms in total. The lowest BCUT2D eigenvalue weighted by Gasteiger charge is -2.10. The van der Waals surface area contributed by atoms with Crippen LogP contribution in [-0.4, -0.2) is 23.3 Å². The van der Waals surface area contributed by atoms with Crippen molar-refractivity contribution in [3.63, 3.8) is 0 Å². The van der Waals surface area contributed by atoms with Gasteiger partial charge in [0.05, 0.1) is 17.6 Å². The number of aryl methyl sites for hydroxylation is 1. The van der Waals surface area contributed by atoms with E-state index in [4.69, 9.17) is 21.7 Å². The van der Waals surface area contributed by atoms with Crippen molar-refractivity contribution in [1.82, 2.24) is 5.32 Å². The number of methoxy groups -OCH3 is 1. The fourth-order valence-corrected chi connectivity index (χ4v) is 3.41. The van der Waals surface area contributed by atoms with Crippen LogP contribution < -0.4 is 14.8 Å². The second-order valence-electron chi connectivity index (χ2n) is 5.52. The molecule has 7 heteroatoms. The Hall–Kier alpha value is -2.64. The van der Waals surface area contributed by atoms with Crippen molar-refractivity contribution < 1.29 is 19.1 Å². The van der Waals surface area contributed by atoms with Gasteiger partial charge in [0, 0.05) is 0 Å². The molecule has 0 atom stereocenters. The van der Waals surface area contributed by atoms with E-state index in [-0.39, 0.29) is 5.91 Å². The van der Waals surface area contributed by atoms with Crippen LogP contribution in [0.3, 0.4) is 0 Å². The minimum absolute atomic E-state index is 0.228. The van der Waals surface area contributed by atoms with Crippen LogP contribution >= 0.6 is 24.0 Å². The van der Waals surface area contributed by atoms with Crippen molar-refractivity contribution in [3.05, 3.63) is 64.1 Å². The predicted molar refractivity (Wildman–Crippen MR) is 105 cm³/mol. The highest BCUT2D eigenvalue weighted by atomic mass is 32.2. The van der Waals surface area contributed by atoms with Crippen molar-refractivity contribution in [2.75, 3.05) is 7.11 Å². The molecule has 0 unspecified atom stereocenters. The van der Waals surface area contributed by atoms with E-state index in [1.165, 1.54) is 18.9 Å². The molecule has 2 aromatic rings. The monoisotopic (exact) mass is 385 g/mol. The molecule has 0 spiro atoms. The lowest BCUT2D eigenvalue weighted by atomic mass is 10.1. The molecule has 1 fully saturated rings. The van der Waals surface area contributed by atoms with E-state index in [0.29, 0.717) is 26.3 Å². The molecule has 132 valence electrons. The normalized spacial score (nSPS) is 15.1. The third-order valence-electron chi connectivity index (χ3n) is 3.58. The summed E-state index contributed by atoms with van der Waals surface area (Å²) in [6.45, 7) is 1.91. The van der Waals surface area contributed by atoms with Crippen LogP contribution in [0.1, 0.15) is 21.5 Å². The number of thiocarbonyl (C=S) groups is 1. The molecule has 1 saturated heterocycles. The molecule has 0 aliphatic carbocycles. The third-order valence-corrected chi connectivity index (χ3v) is 4.75. The van der Waals surface area contributed by atoms with E-state index in [0.717, 1.165) is 11.1 Å². The van der Waals surface area contributed by atoms with Crippen LogP contribution in [0, 0.1) is 6.92 Å². The summed E-state index contributed by atoms with van der Waals surface area (Å²) < 4.78 is 11.2. The van der Waals surface area contributed by atoms with Gasteiger partial charge in [-0.05, 0) is 42.8 Å². The summed E-state index contributed by atoms with van der Waals surface area (Å²) in [5.74, 6) is 0.00892. The number of benzene rings is 2. The Morgan fingerprint density at radius 1 is 1.19 bits per heavy atom. The van der Waals surface area contributed by atoms with Gasteiger partial charge >= 0.3 is 5.97 Å². The van der Waals surface area contributed by atoms with Gasteiger partial charge in [0.1, 0.15) is 4.32 Å². The molecule has 0 aromatic heterocycles. The highest BCUT2D eigenvalue weighted by Gasteiger charge is 2.22. The molecule has 3 rings (SSSR count). The van der Waals surface area contributed by atoms with Gasteiger partial charge in [0.2, 0.25) is 0 Å². The Bertz CT molecular complexity index is 937. The quantitative estimate of drug-likeness (QED) is 0.375. The summed E-state index contributed by atoms with van der Waals surface area (Å²) >= 11 is 6.17.